The van der Waals surface area contributed by atoms with Crippen LogP contribution in [0.1, 0.15) is 19.7 Å². The third-order valence-electron chi connectivity index (χ3n) is 2.50. The first-order valence-electron chi connectivity index (χ1n) is 6.10. The molecule has 1 aromatic heterocycles. The monoisotopic (exact) mass is 280 g/mol. The van der Waals surface area contributed by atoms with E-state index in [1.165, 1.54) is 23.9 Å². The van der Waals surface area contributed by atoms with Gasteiger partial charge in [0.05, 0.1) is 5.75 Å². The van der Waals surface area contributed by atoms with E-state index in [1.54, 1.807) is 12.4 Å². The molecule has 0 aliphatic rings. The van der Waals surface area contributed by atoms with Gasteiger partial charge < -0.3 is 5.73 Å². The van der Waals surface area contributed by atoms with Gasteiger partial charge in [-0.15, -0.1) is 11.8 Å². The van der Waals surface area contributed by atoms with E-state index in [4.69, 9.17) is 5.73 Å². The fraction of sp³-hybridized carbons (Fsp3) is 0.385. The number of halogens is 1. The number of nitrogens with two attached hydrogens (primary N) is 1. The number of aromatic nitrogens is 3. The van der Waals surface area contributed by atoms with Gasteiger partial charge in [0.15, 0.2) is 0 Å². The number of anilines is 1. The van der Waals surface area contributed by atoms with Gasteiger partial charge in [-0.3, -0.25) is 0 Å². The van der Waals surface area contributed by atoms with E-state index < -0.39 is 0 Å². The van der Waals surface area contributed by atoms with Crippen molar-refractivity contribution in [2.45, 2.75) is 31.0 Å². The Morgan fingerprint density at radius 3 is 2.84 bits per heavy atom. The number of nitrogens with zero attached hydrogens (tertiary/aromatic N) is 3. The summed E-state index contributed by atoms with van der Waals surface area (Å²) in [5, 5.41) is 4.20. The molecule has 0 aliphatic heterocycles. The highest BCUT2D eigenvalue weighted by atomic mass is 32.2. The lowest BCUT2D eigenvalue weighted by atomic mass is 10.2. The first-order chi connectivity index (χ1) is 9.04. The molecule has 0 saturated carbocycles. The lowest BCUT2D eigenvalue weighted by molar-refractivity contribution is 0.472. The zero-order valence-corrected chi connectivity index (χ0v) is 11.8. The largest absolute Gasteiger partial charge is 0.399 e. The molecule has 2 N–H and O–H groups in total. The van der Waals surface area contributed by atoms with Gasteiger partial charge in [-0.05, 0) is 24.1 Å². The van der Waals surface area contributed by atoms with Crippen LogP contribution in [0.15, 0.2) is 29.4 Å². The summed E-state index contributed by atoms with van der Waals surface area (Å²) in [5.74, 6) is 1.73. The second-order valence-corrected chi connectivity index (χ2v) is 5.81. The molecule has 2 rings (SSSR count). The second-order valence-electron chi connectivity index (χ2n) is 4.76. The molecule has 0 bridgehead atoms. The predicted octanol–water partition coefficient (Wildman–Crippen LogP) is 2.95. The van der Waals surface area contributed by atoms with E-state index in [0.717, 1.165) is 17.3 Å². The Morgan fingerprint density at radius 1 is 1.37 bits per heavy atom. The SMILES string of the molecule is CC(C)Cn1ncnc1CSc1cc(N)cc(F)c1. The van der Waals surface area contributed by atoms with E-state index in [0.29, 0.717) is 17.4 Å². The minimum Gasteiger partial charge on any atom is -0.399 e. The maximum Gasteiger partial charge on any atom is 0.138 e. The van der Waals surface area contributed by atoms with Crippen LogP contribution in [0.5, 0.6) is 0 Å². The molecule has 19 heavy (non-hydrogen) atoms. The van der Waals surface area contributed by atoms with Crippen molar-refractivity contribution in [1.82, 2.24) is 14.8 Å². The average Bonchev–Trinajstić information content (AvgIpc) is 2.71. The molecule has 4 nitrogen and oxygen atoms in total. The second kappa shape index (κ2) is 6.06. The maximum atomic E-state index is 13.2. The highest BCUT2D eigenvalue weighted by Gasteiger charge is 2.07. The minimum absolute atomic E-state index is 0.314. The zero-order valence-electron chi connectivity index (χ0n) is 11.0. The van der Waals surface area contributed by atoms with Crippen LogP contribution >= 0.6 is 11.8 Å². The van der Waals surface area contributed by atoms with Gasteiger partial charge >= 0.3 is 0 Å². The molecule has 0 amide bonds. The summed E-state index contributed by atoms with van der Waals surface area (Å²) in [4.78, 5) is 5.04. The molecular weight excluding hydrogens is 263 g/mol. The number of hydrogen-bond acceptors (Lipinski definition) is 4. The molecule has 0 unspecified atom stereocenters. The van der Waals surface area contributed by atoms with Crippen molar-refractivity contribution in [2.75, 3.05) is 5.73 Å². The van der Waals surface area contributed by atoms with E-state index in [-0.39, 0.29) is 5.82 Å². The fourth-order valence-electron chi connectivity index (χ4n) is 1.71. The summed E-state index contributed by atoms with van der Waals surface area (Å²) >= 11 is 1.50. The van der Waals surface area contributed by atoms with Crippen LogP contribution in [0, 0.1) is 11.7 Å². The Kier molecular flexibility index (Phi) is 4.42. The van der Waals surface area contributed by atoms with Crippen LogP contribution in [-0.4, -0.2) is 14.8 Å². The van der Waals surface area contributed by atoms with Crippen LogP contribution in [0.3, 0.4) is 0 Å². The van der Waals surface area contributed by atoms with Crippen LogP contribution in [0.2, 0.25) is 0 Å². The van der Waals surface area contributed by atoms with Gasteiger partial charge in [-0.1, -0.05) is 13.8 Å². The lowest BCUT2D eigenvalue weighted by Gasteiger charge is -2.08. The first kappa shape index (κ1) is 13.9. The highest BCUT2D eigenvalue weighted by Crippen LogP contribution is 2.25. The van der Waals surface area contributed by atoms with Crippen molar-refractivity contribution in [2.24, 2.45) is 5.92 Å². The number of benzene rings is 1. The van der Waals surface area contributed by atoms with Crippen molar-refractivity contribution >= 4 is 17.4 Å². The summed E-state index contributed by atoms with van der Waals surface area (Å²) in [6, 6.07) is 4.55. The third-order valence-corrected chi connectivity index (χ3v) is 3.47. The molecule has 0 atom stereocenters. The molecule has 0 saturated heterocycles. The van der Waals surface area contributed by atoms with Crippen LogP contribution in [0.4, 0.5) is 10.1 Å². The summed E-state index contributed by atoms with van der Waals surface area (Å²) in [7, 11) is 0. The molecule has 0 radical (unpaired) electrons. The van der Waals surface area contributed by atoms with Crippen molar-refractivity contribution < 1.29 is 4.39 Å². The molecule has 1 heterocycles. The summed E-state index contributed by atoms with van der Waals surface area (Å²) in [5.41, 5.74) is 6.05. The summed E-state index contributed by atoms with van der Waals surface area (Å²) in [6.45, 7) is 5.10. The quantitative estimate of drug-likeness (QED) is 0.676. The Morgan fingerprint density at radius 2 is 2.16 bits per heavy atom. The number of hydrogen-bond donors (Lipinski definition) is 1. The Labute approximate surface area is 116 Å². The van der Waals surface area contributed by atoms with Gasteiger partial charge in [-0.25, -0.2) is 14.1 Å². The molecule has 0 fully saturated rings. The molecule has 1 aromatic carbocycles. The van der Waals surface area contributed by atoms with Gasteiger partial charge in [-0.2, -0.15) is 5.10 Å². The maximum absolute atomic E-state index is 13.2. The van der Waals surface area contributed by atoms with Crippen molar-refractivity contribution in [1.29, 1.82) is 0 Å². The number of nitrogen functional groups attached to an aromatic ring is 1. The van der Waals surface area contributed by atoms with E-state index in [1.807, 2.05) is 4.68 Å². The molecular formula is C13H17FN4S. The number of rotatable bonds is 5. The van der Waals surface area contributed by atoms with Gasteiger partial charge in [0.2, 0.25) is 0 Å². The normalized spacial score (nSPS) is 11.2. The molecule has 2 aromatic rings. The van der Waals surface area contributed by atoms with E-state index in [9.17, 15) is 4.39 Å². The lowest BCUT2D eigenvalue weighted by Crippen LogP contribution is -2.09. The van der Waals surface area contributed by atoms with E-state index >= 15 is 0 Å². The molecule has 102 valence electrons. The van der Waals surface area contributed by atoms with Gasteiger partial charge in [0.1, 0.15) is 18.0 Å². The molecule has 6 heteroatoms. The number of thioether (sulfide) groups is 1. The molecule has 0 aliphatic carbocycles. The average molecular weight is 280 g/mol. The Bertz CT molecular complexity index is 533. The smallest absolute Gasteiger partial charge is 0.138 e. The third kappa shape index (κ3) is 3.96. The van der Waals surface area contributed by atoms with Gasteiger partial charge in [0.25, 0.3) is 0 Å². The van der Waals surface area contributed by atoms with Crippen LogP contribution in [0.25, 0.3) is 0 Å². The fourth-order valence-corrected chi connectivity index (χ4v) is 2.65. The minimum atomic E-state index is -0.314. The van der Waals surface area contributed by atoms with E-state index in [2.05, 4.69) is 23.9 Å². The Balaban J connectivity index is 2.04. The van der Waals surface area contributed by atoms with Gasteiger partial charge in [0, 0.05) is 17.1 Å². The first-order valence-corrected chi connectivity index (χ1v) is 7.08. The molecule has 0 spiro atoms. The Hall–Kier alpha value is -1.56. The standard InChI is InChI=1S/C13H17FN4S/c1-9(2)6-18-13(16-8-17-18)7-19-12-4-10(14)3-11(15)5-12/h3-5,8-9H,6-7,15H2,1-2H3. The topological polar surface area (TPSA) is 56.7 Å². The van der Waals surface area contributed by atoms with Crippen molar-refractivity contribution in [3.05, 3.63) is 36.2 Å². The summed E-state index contributed by atoms with van der Waals surface area (Å²) < 4.78 is 15.1. The van der Waals surface area contributed by atoms with Crippen molar-refractivity contribution in [3.8, 4) is 0 Å². The van der Waals surface area contributed by atoms with Crippen molar-refractivity contribution in [3.63, 3.8) is 0 Å². The van der Waals surface area contributed by atoms with Crippen LogP contribution < -0.4 is 5.73 Å². The highest BCUT2D eigenvalue weighted by molar-refractivity contribution is 7.98. The van der Waals surface area contributed by atoms with Crippen LogP contribution in [-0.2, 0) is 12.3 Å². The summed E-state index contributed by atoms with van der Waals surface area (Å²) in [6.07, 6.45) is 1.55. The predicted molar refractivity (Wildman–Crippen MR) is 75.2 cm³/mol. The zero-order chi connectivity index (χ0) is 13.8.